The Morgan fingerprint density at radius 2 is 1.03 bits per heavy atom. The van der Waals surface area contributed by atoms with E-state index in [0.717, 1.165) is 58.4 Å². The van der Waals surface area contributed by atoms with Crippen LogP contribution in [0.3, 0.4) is 0 Å². The van der Waals surface area contributed by atoms with Crippen molar-refractivity contribution in [3.05, 3.63) is 83.9 Å². The summed E-state index contributed by atoms with van der Waals surface area (Å²) in [5, 5.41) is 25.0. The molecule has 2 atom stereocenters. The molecule has 33 heavy (non-hydrogen) atoms. The number of aliphatic imine (C=N–C) groups is 2. The van der Waals surface area contributed by atoms with E-state index in [4.69, 9.17) is 9.98 Å². The van der Waals surface area contributed by atoms with Crippen molar-refractivity contribution in [2.45, 2.75) is 37.8 Å². The minimum atomic E-state index is 0. The van der Waals surface area contributed by atoms with E-state index in [1.54, 1.807) is 12.1 Å². The zero-order chi connectivity index (χ0) is 21.9. The van der Waals surface area contributed by atoms with Crippen LogP contribution in [-0.2, 0) is 19.5 Å². The summed E-state index contributed by atoms with van der Waals surface area (Å²) in [6, 6.07) is 23.4. The fraction of sp³-hybridized carbons (Fsp3) is 0.214. The van der Waals surface area contributed by atoms with Crippen LogP contribution in [0.15, 0.2) is 82.8 Å². The summed E-state index contributed by atoms with van der Waals surface area (Å²) in [6.07, 6.45) is 7.79. The molecule has 2 unspecified atom stereocenters. The second kappa shape index (κ2) is 10.3. The molecule has 0 radical (unpaired) electrons. The SMILES string of the molecule is Oc1ccc2ccccc2c1C=NC1CCCCC1N=Cc1c(O)ccc2ccccc12.[Zn]. The molecule has 2 N–H and O–H groups in total. The number of aromatic hydroxyl groups is 2. The number of rotatable bonds is 4. The normalized spacial score (nSPS) is 18.8. The third kappa shape index (κ3) is 4.84. The Morgan fingerprint density at radius 3 is 1.48 bits per heavy atom. The van der Waals surface area contributed by atoms with Crippen molar-refractivity contribution in [1.29, 1.82) is 0 Å². The number of fused-ring (bicyclic) bond motifs is 2. The molecule has 5 rings (SSSR count). The van der Waals surface area contributed by atoms with Gasteiger partial charge in [-0.25, -0.2) is 0 Å². The van der Waals surface area contributed by atoms with Crippen LogP contribution in [0.25, 0.3) is 21.5 Å². The Bertz CT molecular complexity index is 1230. The minimum Gasteiger partial charge on any atom is -0.507 e. The van der Waals surface area contributed by atoms with Gasteiger partial charge in [-0.05, 0) is 46.5 Å². The van der Waals surface area contributed by atoms with Gasteiger partial charge < -0.3 is 10.2 Å². The number of benzene rings is 4. The van der Waals surface area contributed by atoms with E-state index in [1.165, 1.54) is 0 Å². The molecule has 0 bridgehead atoms. The van der Waals surface area contributed by atoms with Crippen LogP contribution in [0.4, 0.5) is 0 Å². The zero-order valence-corrected chi connectivity index (χ0v) is 21.5. The molecule has 0 aromatic heterocycles. The first kappa shape index (κ1) is 23.1. The molecular weight excluding hydrogens is 462 g/mol. The van der Waals surface area contributed by atoms with Gasteiger partial charge in [0.25, 0.3) is 0 Å². The van der Waals surface area contributed by atoms with Gasteiger partial charge in [0.2, 0.25) is 0 Å². The third-order valence-electron chi connectivity index (χ3n) is 6.38. The van der Waals surface area contributed by atoms with E-state index < -0.39 is 0 Å². The summed E-state index contributed by atoms with van der Waals surface area (Å²) >= 11 is 0. The maximum Gasteiger partial charge on any atom is 0.124 e. The molecule has 4 aromatic rings. The van der Waals surface area contributed by atoms with E-state index in [-0.39, 0.29) is 43.1 Å². The Labute approximate surface area is 206 Å². The molecule has 1 fully saturated rings. The van der Waals surface area contributed by atoms with Crippen LogP contribution in [0.1, 0.15) is 36.8 Å². The van der Waals surface area contributed by atoms with E-state index in [9.17, 15) is 10.2 Å². The molecule has 4 aromatic carbocycles. The van der Waals surface area contributed by atoms with Crippen LogP contribution in [0.5, 0.6) is 11.5 Å². The number of hydrogen-bond acceptors (Lipinski definition) is 4. The number of phenols is 2. The minimum absolute atomic E-state index is 0. The Hall–Kier alpha value is -3.04. The number of phenolic OH excluding ortho intramolecular Hbond substituents is 2. The van der Waals surface area contributed by atoms with Crippen LogP contribution in [-0.4, -0.2) is 34.7 Å². The molecule has 0 spiro atoms. The van der Waals surface area contributed by atoms with Gasteiger partial charge in [0.1, 0.15) is 11.5 Å². The maximum absolute atomic E-state index is 10.4. The van der Waals surface area contributed by atoms with E-state index in [2.05, 4.69) is 0 Å². The predicted molar refractivity (Wildman–Crippen MR) is 132 cm³/mol. The van der Waals surface area contributed by atoms with Crippen molar-refractivity contribution in [3.8, 4) is 11.5 Å². The van der Waals surface area contributed by atoms with Crippen molar-refractivity contribution in [2.24, 2.45) is 9.98 Å². The van der Waals surface area contributed by atoms with Gasteiger partial charge in [-0.3, -0.25) is 9.98 Å². The second-order valence-corrected chi connectivity index (χ2v) is 8.41. The smallest absolute Gasteiger partial charge is 0.124 e. The average molecular weight is 488 g/mol. The Morgan fingerprint density at radius 1 is 0.606 bits per heavy atom. The summed E-state index contributed by atoms with van der Waals surface area (Å²) in [4.78, 5) is 9.76. The average Bonchev–Trinajstić information content (AvgIpc) is 2.83. The van der Waals surface area contributed by atoms with Crippen molar-refractivity contribution in [3.63, 3.8) is 0 Å². The first-order chi connectivity index (χ1) is 15.7. The van der Waals surface area contributed by atoms with Gasteiger partial charge in [0.05, 0.1) is 12.1 Å². The van der Waals surface area contributed by atoms with E-state index in [0.29, 0.717) is 0 Å². The van der Waals surface area contributed by atoms with Gasteiger partial charge in [-0.15, -0.1) is 0 Å². The molecule has 1 aliphatic carbocycles. The van der Waals surface area contributed by atoms with Crippen LogP contribution in [0.2, 0.25) is 0 Å². The molecule has 0 aliphatic heterocycles. The number of hydrogen-bond donors (Lipinski definition) is 2. The predicted octanol–water partition coefficient (Wildman–Crippen LogP) is 6.25. The molecule has 0 amide bonds. The van der Waals surface area contributed by atoms with Crippen molar-refractivity contribution in [2.75, 3.05) is 0 Å². The van der Waals surface area contributed by atoms with Crippen LogP contribution < -0.4 is 0 Å². The van der Waals surface area contributed by atoms with E-state index in [1.807, 2.05) is 73.1 Å². The Kier molecular flexibility index (Phi) is 7.20. The quantitative estimate of drug-likeness (QED) is 0.264. The van der Waals surface area contributed by atoms with Gasteiger partial charge >= 0.3 is 0 Å². The second-order valence-electron chi connectivity index (χ2n) is 8.41. The van der Waals surface area contributed by atoms with Crippen LogP contribution >= 0.6 is 0 Å². The largest absolute Gasteiger partial charge is 0.507 e. The summed E-state index contributed by atoms with van der Waals surface area (Å²) in [5.41, 5.74) is 1.51. The first-order valence-electron chi connectivity index (χ1n) is 11.2. The summed E-state index contributed by atoms with van der Waals surface area (Å²) in [6.45, 7) is 0. The Balaban J connectivity index is 0.00000259. The molecular formula is C28H26N2O2Zn. The number of nitrogens with zero attached hydrogens (tertiary/aromatic N) is 2. The first-order valence-corrected chi connectivity index (χ1v) is 11.2. The molecule has 162 valence electrons. The fourth-order valence-electron chi connectivity index (χ4n) is 4.62. The summed E-state index contributed by atoms with van der Waals surface area (Å²) in [5.74, 6) is 0.480. The molecule has 1 saturated carbocycles. The maximum atomic E-state index is 10.4. The van der Waals surface area contributed by atoms with Crippen molar-refractivity contribution >= 4 is 34.0 Å². The monoisotopic (exact) mass is 486 g/mol. The van der Waals surface area contributed by atoms with Gasteiger partial charge in [0.15, 0.2) is 0 Å². The third-order valence-corrected chi connectivity index (χ3v) is 6.38. The summed E-state index contributed by atoms with van der Waals surface area (Å²) in [7, 11) is 0. The molecule has 4 nitrogen and oxygen atoms in total. The topological polar surface area (TPSA) is 65.2 Å². The van der Waals surface area contributed by atoms with Gasteiger partial charge in [-0.1, -0.05) is 73.5 Å². The zero-order valence-electron chi connectivity index (χ0n) is 18.6. The molecule has 1 aliphatic rings. The fourth-order valence-corrected chi connectivity index (χ4v) is 4.62. The van der Waals surface area contributed by atoms with Gasteiger partial charge in [0, 0.05) is 43.0 Å². The standard InChI is InChI=1S/C28H26N2O2.Zn/c31-27-15-13-19-7-1-3-9-21(19)23(27)17-29-25-11-5-6-12-26(25)30-18-24-22-10-4-2-8-20(22)14-16-28(24)32;/h1-4,7-10,13-18,25-26,31-32H,5-6,11-12H2;. The molecule has 0 heterocycles. The summed E-state index contributed by atoms with van der Waals surface area (Å²) < 4.78 is 0. The molecule has 5 heteroatoms. The van der Waals surface area contributed by atoms with Crippen molar-refractivity contribution < 1.29 is 29.7 Å². The van der Waals surface area contributed by atoms with Gasteiger partial charge in [-0.2, -0.15) is 0 Å². The van der Waals surface area contributed by atoms with Crippen LogP contribution in [0, 0.1) is 0 Å². The molecule has 0 saturated heterocycles. The van der Waals surface area contributed by atoms with E-state index >= 15 is 0 Å². The van der Waals surface area contributed by atoms with Crippen molar-refractivity contribution in [1.82, 2.24) is 0 Å².